The molecule has 0 saturated heterocycles. The SMILES string of the molecule is CCOc1ccc(Cl)c(C(=O)OC(C)C)c1N. The third-order valence-electron chi connectivity index (χ3n) is 2.00. The van der Waals surface area contributed by atoms with Crippen molar-refractivity contribution in [3.63, 3.8) is 0 Å². The molecular formula is C12H16ClNO3. The molecule has 2 N–H and O–H groups in total. The Bertz CT molecular complexity index is 418. The summed E-state index contributed by atoms with van der Waals surface area (Å²) < 4.78 is 10.4. The van der Waals surface area contributed by atoms with Gasteiger partial charge in [0.15, 0.2) is 0 Å². The van der Waals surface area contributed by atoms with Crippen LogP contribution >= 0.6 is 11.6 Å². The van der Waals surface area contributed by atoms with Crippen molar-refractivity contribution in [3.8, 4) is 5.75 Å². The van der Waals surface area contributed by atoms with E-state index < -0.39 is 5.97 Å². The third-order valence-corrected chi connectivity index (χ3v) is 2.32. The zero-order valence-corrected chi connectivity index (χ0v) is 10.9. The number of hydrogen-bond donors (Lipinski definition) is 1. The molecule has 0 aromatic heterocycles. The monoisotopic (exact) mass is 257 g/mol. The van der Waals surface area contributed by atoms with Gasteiger partial charge in [0.05, 0.1) is 23.4 Å². The van der Waals surface area contributed by atoms with Gasteiger partial charge in [-0.2, -0.15) is 0 Å². The van der Waals surface area contributed by atoms with Gasteiger partial charge in [-0.25, -0.2) is 4.79 Å². The van der Waals surface area contributed by atoms with Gasteiger partial charge in [-0.3, -0.25) is 0 Å². The van der Waals surface area contributed by atoms with Gasteiger partial charge in [-0.1, -0.05) is 11.6 Å². The first kappa shape index (κ1) is 13.6. The van der Waals surface area contributed by atoms with Crippen LogP contribution in [0.1, 0.15) is 31.1 Å². The number of nitrogen functional groups attached to an aromatic ring is 1. The first-order valence-electron chi connectivity index (χ1n) is 5.39. The van der Waals surface area contributed by atoms with Crippen LogP contribution in [0.15, 0.2) is 12.1 Å². The molecule has 0 atom stereocenters. The minimum absolute atomic E-state index is 0.159. The number of rotatable bonds is 4. The predicted octanol–water partition coefficient (Wildman–Crippen LogP) is 2.89. The lowest BCUT2D eigenvalue weighted by molar-refractivity contribution is 0.0379. The van der Waals surface area contributed by atoms with Crippen molar-refractivity contribution >= 4 is 23.3 Å². The molecule has 0 aliphatic carbocycles. The Balaban J connectivity index is 3.13. The number of ether oxygens (including phenoxy) is 2. The average Bonchev–Trinajstić information content (AvgIpc) is 2.21. The Morgan fingerprint density at radius 1 is 1.47 bits per heavy atom. The van der Waals surface area contributed by atoms with Crippen molar-refractivity contribution in [1.82, 2.24) is 0 Å². The molecule has 0 amide bonds. The van der Waals surface area contributed by atoms with E-state index in [2.05, 4.69) is 0 Å². The molecule has 0 spiro atoms. The highest BCUT2D eigenvalue weighted by Crippen LogP contribution is 2.32. The molecule has 1 aromatic rings. The lowest BCUT2D eigenvalue weighted by Crippen LogP contribution is -2.14. The standard InChI is InChI=1S/C12H16ClNO3/c1-4-16-9-6-5-8(13)10(11(9)14)12(15)17-7(2)3/h5-7H,4,14H2,1-3H3. The Morgan fingerprint density at radius 3 is 2.65 bits per heavy atom. The van der Waals surface area contributed by atoms with E-state index in [1.54, 1.807) is 26.0 Å². The second-order valence-electron chi connectivity index (χ2n) is 3.72. The number of carbonyl (C=O) groups is 1. The van der Waals surface area contributed by atoms with E-state index in [1.807, 2.05) is 6.92 Å². The fourth-order valence-corrected chi connectivity index (χ4v) is 1.58. The van der Waals surface area contributed by atoms with Crippen LogP contribution in [-0.4, -0.2) is 18.7 Å². The normalized spacial score (nSPS) is 10.4. The topological polar surface area (TPSA) is 61.5 Å². The largest absolute Gasteiger partial charge is 0.492 e. The van der Waals surface area contributed by atoms with E-state index in [0.717, 1.165) is 0 Å². The Hall–Kier alpha value is -1.42. The van der Waals surface area contributed by atoms with E-state index in [1.165, 1.54) is 0 Å². The molecule has 17 heavy (non-hydrogen) atoms. The first-order chi connectivity index (χ1) is 7.97. The molecule has 0 unspecified atom stereocenters. The molecule has 0 radical (unpaired) electrons. The van der Waals surface area contributed by atoms with Gasteiger partial charge in [-0.15, -0.1) is 0 Å². The lowest BCUT2D eigenvalue weighted by atomic mass is 10.1. The van der Waals surface area contributed by atoms with Gasteiger partial charge in [0.25, 0.3) is 0 Å². The maximum absolute atomic E-state index is 11.8. The Kier molecular flexibility index (Phi) is 4.63. The maximum atomic E-state index is 11.8. The fourth-order valence-electron chi connectivity index (χ4n) is 1.34. The van der Waals surface area contributed by atoms with Gasteiger partial charge in [0.2, 0.25) is 0 Å². The molecule has 94 valence electrons. The molecule has 1 rings (SSSR count). The van der Waals surface area contributed by atoms with E-state index >= 15 is 0 Å². The van der Waals surface area contributed by atoms with E-state index in [0.29, 0.717) is 12.4 Å². The molecule has 0 bridgehead atoms. The minimum atomic E-state index is -0.538. The maximum Gasteiger partial charge on any atom is 0.342 e. The van der Waals surface area contributed by atoms with Crippen LogP contribution in [0, 0.1) is 0 Å². The minimum Gasteiger partial charge on any atom is -0.492 e. The smallest absolute Gasteiger partial charge is 0.342 e. The molecule has 1 aromatic carbocycles. The number of benzene rings is 1. The van der Waals surface area contributed by atoms with Gasteiger partial charge in [0.1, 0.15) is 11.3 Å². The quantitative estimate of drug-likeness (QED) is 0.666. The van der Waals surface area contributed by atoms with Crippen LogP contribution in [0.3, 0.4) is 0 Å². The van der Waals surface area contributed by atoms with Crippen molar-refractivity contribution < 1.29 is 14.3 Å². The van der Waals surface area contributed by atoms with Crippen LogP contribution < -0.4 is 10.5 Å². The van der Waals surface area contributed by atoms with Crippen molar-refractivity contribution in [2.45, 2.75) is 26.9 Å². The highest BCUT2D eigenvalue weighted by atomic mass is 35.5. The molecule has 4 nitrogen and oxygen atoms in total. The van der Waals surface area contributed by atoms with Crippen molar-refractivity contribution in [3.05, 3.63) is 22.7 Å². The summed E-state index contributed by atoms with van der Waals surface area (Å²) in [7, 11) is 0. The Morgan fingerprint density at radius 2 is 2.12 bits per heavy atom. The summed E-state index contributed by atoms with van der Waals surface area (Å²) in [5.41, 5.74) is 6.21. The van der Waals surface area contributed by atoms with Gasteiger partial charge >= 0.3 is 5.97 Å². The molecule has 0 heterocycles. The molecule has 0 saturated carbocycles. The Labute approximate surface area is 106 Å². The lowest BCUT2D eigenvalue weighted by Gasteiger charge is -2.14. The first-order valence-corrected chi connectivity index (χ1v) is 5.76. The van der Waals surface area contributed by atoms with E-state index in [9.17, 15) is 4.79 Å². The molecule has 0 aliphatic rings. The molecule has 0 fully saturated rings. The van der Waals surface area contributed by atoms with Crippen molar-refractivity contribution in [2.24, 2.45) is 0 Å². The molecule has 5 heteroatoms. The molecule has 0 aliphatic heterocycles. The zero-order valence-electron chi connectivity index (χ0n) is 10.1. The van der Waals surface area contributed by atoms with Crippen LogP contribution in [0.4, 0.5) is 5.69 Å². The summed E-state index contributed by atoms with van der Waals surface area (Å²) in [6, 6.07) is 3.20. The number of anilines is 1. The highest BCUT2D eigenvalue weighted by molar-refractivity contribution is 6.34. The summed E-state index contributed by atoms with van der Waals surface area (Å²) in [4.78, 5) is 11.8. The number of halogens is 1. The van der Waals surface area contributed by atoms with Crippen LogP contribution in [-0.2, 0) is 4.74 Å². The van der Waals surface area contributed by atoms with Crippen LogP contribution in [0.5, 0.6) is 5.75 Å². The summed E-state index contributed by atoms with van der Waals surface area (Å²) in [6.45, 7) is 5.81. The third kappa shape index (κ3) is 3.27. The van der Waals surface area contributed by atoms with Crippen molar-refractivity contribution in [1.29, 1.82) is 0 Å². The second-order valence-corrected chi connectivity index (χ2v) is 4.13. The number of hydrogen-bond acceptors (Lipinski definition) is 4. The summed E-state index contributed by atoms with van der Waals surface area (Å²) in [5.74, 6) is -0.100. The van der Waals surface area contributed by atoms with Crippen LogP contribution in [0.25, 0.3) is 0 Å². The van der Waals surface area contributed by atoms with E-state index in [-0.39, 0.29) is 22.4 Å². The van der Waals surface area contributed by atoms with E-state index in [4.69, 9.17) is 26.8 Å². The summed E-state index contributed by atoms with van der Waals surface area (Å²) in [6.07, 6.45) is -0.228. The van der Waals surface area contributed by atoms with Crippen LogP contribution in [0.2, 0.25) is 5.02 Å². The van der Waals surface area contributed by atoms with Gasteiger partial charge in [0, 0.05) is 0 Å². The summed E-state index contributed by atoms with van der Waals surface area (Å²) in [5, 5.41) is 0.261. The van der Waals surface area contributed by atoms with Crippen molar-refractivity contribution in [2.75, 3.05) is 12.3 Å². The predicted molar refractivity (Wildman–Crippen MR) is 67.6 cm³/mol. The highest BCUT2D eigenvalue weighted by Gasteiger charge is 2.20. The number of nitrogens with two attached hydrogens (primary N) is 1. The number of carbonyl (C=O) groups excluding carboxylic acids is 1. The van der Waals surface area contributed by atoms with Gasteiger partial charge in [-0.05, 0) is 32.9 Å². The zero-order chi connectivity index (χ0) is 13.0. The average molecular weight is 258 g/mol. The summed E-state index contributed by atoms with van der Waals surface area (Å²) >= 11 is 5.94. The number of esters is 1. The fraction of sp³-hybridized carbons (Fsp3) is 0.417. The van der Waals surface area contributed by atoms with Gasteiger partial charge < -0.3 is 15.2 Å². The second kappa shape index (κ2) is 5.77. The molecular weight excluding hydrogens is 242 g/mol.